The normalized spacial score (nSPS) is 13.4. The molecule has 2 aromatic rings. The molecule has 3 rings (SSSR count). The summed E-state index contributed by atoms with van der Waals surface area (Å²) in [5.41, 5.74) is 2.49. The predicted molar refractivity (Wildman–Crippen MR) is 118 cm³/mol. The Hall–Kier alpha value is -3.35. The van der Waals surface area contributed by atoms with Crippen LogP contribution < -0.4 is 16.0 Å². The van der Waals surface area contributed by atoms with E-state index in [4.69, 9.17) is 0 Å². The second kappa shape index (κ2) is 10.4. The lowest BCUT2D eigenvalue weighted by Crippen LogP contribution is -2.35. The van der Waals surface area contributed by atoms with E-state index >= 15 is 0 Å². The van der Waals surface area contributed by atoms with E-state index in [1.54, 1.807) is 48.5 Å². The fourth-order valence-electron chi connectivity index (χ4n) is 3.40. The Morgan fingerprint density at radius 2 is 1.63 bits per heavy atom. The number of piperidine rings is 1. The van der Waals surface area contributed by atoms with Crippen molar-refractivity contribution in [1.82, 2.24) is 10.2 Å². The quantitative estimate of drug-likeness (QED) is 0.657. The van der Waals surface area contributed by atoms with Crippen molar-refractivity contribution < 1.29 is 14.4 Å². The van der Waals surface area contributed by atoms with Crippen molar-refractivity contribution in [2.75, 3.05) is 36.8 Å². The summed E-state index contributed by atoms with van der Waals surface area (Å²) in [5.74, 6) is -0.331. The maximum atomic E-state index is 12.6. The Balaban J connectivity index is 1.52. The monoisotopic (exact) mass is 408 g/mol. The molecule has 3 amide bonds. The third-order valence-corrected chi connectivity index (χ3v) is 4.97. The number of nitrogens with one attached hydrogen (secondary N) is 3. The van der Waals surface area contributed by atoms with Crippen molar-refractivity contribution in [3.8, 4) is 0 Å². The number of carbonyl (C=O) groups excluding carboxylic acids is 3. The van der Waals surface area contributed by atoms with Gasteiger partial charge in [0, 0.05) is 42.1 Å². The van der Waals surface area contributed by atoms with Gasteiger partial charge >= 0.3 is 0 Å². The van der Waals surface area contributed by atoms with Gasteiger partial charge in [-0.1, -0.05) is 6.07 Å². The molecule has 30 heavy (non-hydrogen) atoms. The standard InChI is InChI=1S/C23H28N4O3/c1-2-24-22(29)17-9-11-19(12-10-17)25-16-21(28)26-20-8-6-7-18(15-20)23(30)27-13-4-3-5-14-27/h6-12,15,25H,2-5,13-14,16H2,1H3,(H,24,29)(H,26,28). The van der Waals surface area contributed by atoms with E-state index in [-0.39, 0.29) is 24.3 Å². The Bertz CT molecular complexity index is 890. The molecule has 158 valence electrons. The van der Waals surface area contributed by atoms with Gasteiger partial charge in [-0.05, 0) is 68.7 Å². The SMILES string of the molecule is CCNC(=O)c1ccc(NCC(=O)Nc2cccc(C(=O)N3CCCCC3)c2)cc1. The van der Waals surface area contributed by atoms with Gasteiger partial charge in [0.25, 0.3) is 11.8 Å². The number of hydrogen-bond donors (Lipinski definition) is 3. The Labute approximate surface area is 176 Å². The first-order valence-corrected chi connectivity index (χ1v) is 10.4. The van der Waals surface area contributed by atoms with Crippen LogP contribution in [0.5, 0.6) is 0 Å². The topological polar surface area (TPSA) is 90.5 Å². The fourth-order valence-corrected chi connectivity index (χ4v) is 3.40. The average Bonchev–Trinajstić information content (AvgIpc) is 2.78. The highest BCUT2D eigenvalue weighted by molar-refractivity contribution is 5.98. The molecule has 0 radical (unpaired) electrons. The minimum absolute atomic E-state index is 0.0103. The van der Waals surface area contributed by atoms with E-state index in [9.17, 15) is 14.4 Å². The molecule has 0 spiro atoms. The molecule has 1 heterocycles. The van der Waals surface area contributed by atoms with Gasteiger partial charge in [-0.15, -0.1) is 0 Å². The summed E-state index contributed by atoms with van der Waals surface area (Å²) in [6, 6.07) is 14.0. The van der Waals surface area contributed by atoms with Crippen LogP contribution in [-0.2, 0) is 4.79 Å². The van der Waals surface area contributed by atoms with Crippen LogP contribution in [0.15, 0.2) is 48.5 Å². The molecule has 1 aliphatic heterocycles. The molecule has 7 nitrogen and oxygen atoms in total. The molecule has 7 heteroatoms. The van der Waals surface area contributed by atoms with Gasteiger partial charge in [-0.2, -0.15) is 0 Å². The number of carbonyl (C=O) groups is 3. The summed E-state index contributed by atoms with van der Waals surface area (Å²) in [5, 5.41) is 8.60. The lowest BCUT2D eigenvalue weighted by molar-refractivity contribution is -0.114. The number of benzene rings is 2. The molecule has 1 aliphatic rings. The van der Waals surface area contributed by atoms with Gasteiger partial charge in [-0.3, -0.25) is 14.4 Å². The van der Waals surface area contributed by atoms with E-state index in [1.165, 1.54) is 6.42 Å². The smallest absolute Gasteiger partial charge is 0.253 e. The van der Waals surface area contributed by atoms with E-state index in [0.29, 0.717) is 23.4 Å². The second-order valence-corrected chi connectivity index (χ2v) is 7.27. The highest BCUT2D eigenvalue weighted by Crippen LogP contribution is 2.16. The Morgan fingerprint density at radius 1 is 0.900 bits per heavy atom. The highest BCUT2D eigenvalue weighted by Gasteiger charge is 2.18. The zero-order valence-corrected chi connectivity index (χ0v) is 17.2. The number of likely N-dealkylation sites (tertiary alicyclic amines) is 1. The lowest BCUT2D eigenvalue weighted by atomic mass is 10.1. The maximum absolute atomic E-state index is 12.6. The summed E-state index contributed by atoms with van der Waals surface area (Å²) < 4.78 is 0. The number of nitrogens with zero attached hydrogens (tertiary/aromatic N) is 1. The van der Waals surface area contributed by atoms with Gasteiger partial charge in [0.1, 0.15) is 0 Å². The second-order valence-electron chi connectivity index (χ2n) is 7.27. The molecular formula is C23H28N4O3. The van der Waals surface area contributed by atoms with Crippen LogP contribution in [0.1, 0.15) is 46.9 Å². The molecule has 0 aromatic heterocycles. The zero-order chi connectivity index (χ0) is 21.3. The van der Waals surface area contributed by atoms with Crippen LogP contribution in [-0.4, -0.2) is 48.8 Å². The third kappa shape index (κ3) is 5.83. The van der Waals surface area contributed by atoms with Crippen molar-refractivity contribution in [3.63, 3.8) is 0 Å². The molecule has 0 saturated carbocycles. The van der Waals surface area contributed by atoms with Crippen molar-refractivity contribution >= 4 is 29.1 Å². The van der Waals surface area contributed by atoms with Gasteiger partial charge in [0.2, 0.25) is 5.91 Å². The highest BCUT2D eigenvalue weighted by atomic mass is 16.2. The molecule has 0 unspecified atom stereocenters. The Morgan fingerprint density at radius 3 is 2.33 bits per heavy atom. The molecule has 1 fully saturated rings. The van der Waals surface area contributed by atoms with Gasteiger partial charge in [0.05, 0.1) is 6.54 Å². The largest absolute Gasteiger partial charge is 0.376 e. The van der Waals surface area contributed by atoms with Crippen LogP contribution in [0, 0.1) is 0 Å². The summed E-state index contributed by atoms with van der Waals surface area (Å²) >= 11 is 0. The van der Waals surface area contributed by atoms with E-state index in [0.717, 1.165) is 31.6 Å². The molecule has 3 N–H and O–H groups in total. The summed E-state index contributed by atoms with van der Waals surface area (Å²) in [4.78, 5) is 38.6. The first kappa shape index (κ1) is 21.4. The molecular weight excluding hydrogens is 380 g/mol. The van der Waals surface area contributed by atoms with E-state index in [2.05, 4.69) is 16.0 Å². The third-order valence-electron chi connectivity index (χ3n) is 4.97. The van der Waals surface area contributed by atoms with Crippen molar-refractivity contribution in [2.24, 2.45) is 0 Å². The first-order valence-electron chi connectivity index (χ1n) is 10.4. The molecule has 1 saturated heterocycles. The Kier molecular flexibility index (Phi) is 7.43. The minimum atomic E-state index is -0.217. The van der Waals surface area contributed by atoms with Gasteiger partial charge in [0.15, 0.2) is 0 Å². The predicted octanol–water partition coefficient (Wildman–Crippen LogP) is 3.11. The van der Waals surface area contributed by atoms with Crippen LogP contribution in [0.3, 0.4) is 0 Å². The maximum Gasteiger partial charge on any atom is 0.253 e. The lowest BCUT2D eigenvalue weighted by Gasteiger charge is -2.26. The summed E-state index contributed by atoms with van der Waals surface area (Å²) in [6.45, 7) is 4.09. The number of hydrogen-bond acceptors (Lipinski definition) is 4. The number of anilines is 2. The van der Waals surface area contributed by atoms with E-state index in [1.807, 2.05) is 11.8 Å². The van der Waals surface area contributed by atoms with Crippen LogP contribution in [0.25, 0.3) is 0 Å². The summed E-state index contributed by atoms with van der Waals surface area (Å²) in [6.07, 6.45) is 3.25. The van der Waals surface area contributed by atoms with Crippen molar-refractivity contribution in [3.05, 3.63) is 59.7 Å². The molecule has 0 aliphatic carbocycles. The van der Waals surface area contributed by atoms with Crippen LogP contribution >= 0.6 is 0 Å². The average molecular weight is 409 g/mol. The van der Waals surface area contributed by atoms with Gasteiger partial charge in [-0.25, -0.2) is 0 Å². The van der Waals surface area contributed by atoms with Gasteiger partial charge < -0.3 is 20.9 Å². The van der Waals surface area contributed by atoms with E-state index < -0.39 is 0 Å². The number of amides is 3. The van der Waals surface area contributed by atoms with Crippen LogP contribution in [0.4, 0.5) is 11.4 Å². The van der Waals surface area contributed by atoms with Crippen molar-refractivity contribution in [2.45, 2.75) is 26.2 Å². The minimum Gasteiger partial charge on any atom is -0.376 e. The zero-order valence-electron chi connectivity index (χ0n) is 17.2. The first-order chi connectivity index (χ1) is 14.6. The molecule has 0 bridgehead atoms. The van der Waals surface area contributed by atoms with Crippen molar-refractivity contribution in [1.29, 1.82) is 0 Å². The fraction of sp³-hybridized carbons (Fsp3) is 0.348. The summed E-state index contributed by atoms with van der Waals surface area (Å²) in [7, 11) is 0. The molecule has 0 atom stereocenters. The number of rotatable bonds is 7. The van der Waals surface area contributed by atoms with Crippen LogP contribution in [0.2, 0.25) is 0 Å². The molecule has 2 aromatic carbocycles.